The molecule has 0 bridgehead atoms. The number of amides is 1. The number of nitrogens with two attached hydrogens (primary N) is 1. The largest absolute Gasteiger partial charge is 0.480 e. The molecule has 0 radical (unpaired) electrons. The fourth-order valence-corrected chi connectivity index (χ4v) is 0.966. The molecule has 0 spiro atoms. The van der Waals surface area contributed by atoms with Crippen LogP contribution in [0.25, 0.3) is 0 Å². The Labute approximate surface area is 97.4 Å². The fraction of sp³-hybridized carbons (Fsp3) is 0.818. The van der Waals surface area contributed by atoms with E-state index in [4.69, 9.17) is 10.8 Å². The van der Waals surface area contributed by atoms with Gasteiger partial charge in [0.05, 0.1) is 0 Å². The highest BCUT2D eigenvalue weighted by Gasteiger charge is 2.09. The number of carbonyl (C=O) groups excluding carboxylic acids is 1. The molecule has 0 heterocycles. The molecule has 0 aliphatic carbocycles. The number of hydrogen-bond donors (Lipinski definition) is 3. The van der Waals surface area contributed by atoms with Gasteiger partial charge in [-0.3, -0.25) is 9.59 Å². The first kappa shape index (κ1) is 17.3. The van der Waals surface area contributed by atoms with Gasteiger partial charge in [-0.15, -0.1) is 0 Å². The van der Waals surface area contributed by atoms with Crippen LogP contribution in [-0.4, -0.2) is 29.6 Å². The Morgan fingerprint density at radius 2 is 1.88 bits per heavy atom. The zero-order valence-electron chi connectivity index (χ0n) is 10.5. The van der Waals surface area contributed by atoms with Crippen LogP contribution in [0.5, 0.6) is 0 Å². The van der Waals surface area contributed by atoms with Crippen LogP contribution in [0.1, 0.15) is 46.5 Å². The summed E-state index contributed by atoms with van der Waals surface area (Å²) in [5.74, 6) is -0.949. The van der Waals surface area contributed by atoms with E-state index in [2.05, 4.69) is 5.32 Å². The lowest BCUT2D eigenvalue weighted by molar-refractivity contribution is -0.138. The van der Waals surface area contributed by atoms with Crippen LogP contribution in [0.3, 0.4) is 0 Å². The minimum absolute atomic E-state index is 0.0209. The van der Waals surface area contributed by atoms with E-state index in [9.17, 15) is 9.59 Å². The van der Waals surface area contributed by atoms with E-state index in [1.54, 1.807) is 6.92 Å². The molecule has 5 nitrogen and oxygen atoms in total. The summed E-state index contributed by atoms with van der Waals surface area (Å²) in [6.45, 7) is 6.38. The van der Waals surface area contributed by atoms with Gasteiger partial charge >= 0.3 is 5.97 Å². The molecule has 0 aromatic carbocycles. The minimum Gasteiger partial charge on any atom is -0.480 e. The average Bonchev–Trinajstić information content (AvgIpc) is 2.30. The molecule has 1 atom stereocenters. The molecule has 0 saturated heterocycles. The Hall–Kier alpha value is -1.10. The molecule has 0 saturated carbocycles. The molecule has 16 heavy (non-hydrogen) atoms. The first-order chi connectivity index (χ1) is 7.57. The molecule has 0 aliphatic heterocycles. The molecule has 5 heteroatoms. The molecular weight excluding hydrogens is 208 g/mol. The topological polar surface area (TPSA) is 92.4 Å². The number of carboxylic acids is 1. The molecular formula is C11H24N2O3. The molecule has 0 aromatic rings. The predicted octanol–water partition coefficient (Wildman–Crippen LogP) is 1.12. The average molecular weight is 232 g/mol. The van der Waals surface area contributed by atoms with Gasteiger partial charge in [0, 0.05) is 13.0 Å². The lowest BCUT2D eigenvalue weighted by Gasteiger charge is -2.06. The maximum atomic E-state index is 10.8. The minimum atomic E-state index is -0.970. The standard InChI is InChI=1S/C9H18N2O3.C2H6/c1-2-8(12)11-6-4-3-5-7(10)9(13)14;1-2/h7H,2-6,10H2,1H3,(H,11,12)(H,13,14);1-2H3. The number of nitrogens with one attached hydrogen (secondary N) is 1. The Kier molecular flexibility index (Phi) is 12.9. The smallest absolute Gasteiger partial charge is 0.320 e. The van der Waals surface area contributed by atoms with Crippen molar-refractivity contribution in [3.63, 3.8) is 0 Å². The quantitative estimate of drug-likeness (QED) is 0.573. The van der Waals surface area contributed by atoms with E-state index in [1.165, 1.54) is 0 Å². The van der Waals surface area contributed by atoms with Crippen molar-refractivity contribution < 1.29 is 14.7 Å². The maximum Gasteiger partial charge on any atom is 0.320 e. The van der Waals surface area contributed by atoms with Crippen molar-refractivity contribution in [1.29, 1.82) is 0 Å². The Morgan fingerprint density at radius 1 is 1.31 bits per heavy atom. The van der Waals surface area contributed by atoms with Crippen molar-refractivity contribution in [2.45, 2.75) is 52.5 Å². The summed E-state index contributed by atoms with van der Waals surface area (Å²) >= 11 is 0. The third-order valence-electron chi connectivity index (χ3n) is 1.90. The first-order valence-electron chi connectivity index (χ1n) is 5.83. The van der Waals surface area contributed by atoms with Crippen molar-refractivity contribution in [3.8, 4) is 0 Å². The molecule has 0 aromatic heterocycles. The molecule has 4 N–H and O–H groups in total. The number of aliphatic carboxylic acids is 1. The van der Waals surface area contributed by atoms with Crippen LogP contribution in [0, 0.1) is 0 Å². The number of carbonyl (C=O) groups is 2. The summed E-state index contributed by atoms with van der Waals surface area (Å²) in [7, 11) is 0. The predicted molar refractivity (Wildman–Crippen MR) is 64.1 cm³/mol. The van der Waals surface area contributed by atoms with Crippen LogP contribution in [0.4, 0.5) is 0 Å². The number of unbranched alkanes of at least 4 members (excludes halogenated alkanes) is 1. The van der Waals surface area contributed by atoms with Crippen molar-refractivity contribution in [1.82, 2.24) is 5.32 Å². The summed E-state index contributed by atoms with van der Waals surface area (Å²) in [4.78, 5) is 21.1. The molecule has 0 aliphatic rings. The molecule has 1 unspecified atom stereocenters. The van der Waals surface area contributed by atoms with Crippen molar-refractivity contribution >= 4 is 11.9 Å². The van der Waals surface area contributed by atoms with Crippen LogP contribution >= 0.6 is 0 Å². The van der Waals surface area contributed by atoms with Crippen LogP contribution in [-0.2, 0) is 9.59 Å². The van der Waals surface area contributed by atoms with E-state index >= 15 is 0 Å². The first-order valence-corrected chi connectivity index (χ1v) is 5.83. The Morgan fingerprint density at radius 3 is 2.31 bits per heavy atom. The summed E-state index contributed by atoms with van der Waals surface area (Å²) < 4.78 is 0. The Bertz CT molecular complexity index is 196. The zero-order valence-corrected chi connectivity index (χ0v) is 10.5. The molecule has 1 amide bonds. The maximum absolute atomic E-state index is 10.8. The number of carboxylic acid groups (broad SMARTS) is 1. The summed E-state index contributed by atoms with van der Waals surface area (Å²) in [5.41, 5.74) is 5.30. The lowest BCUT2D eigenvalue weighted by Crippen LogP contribution is -2.30. The van der Waals surface area contributed by atoms with E-state index in [-0.39, 0.29) is 5.91 Å². The molecule has 0 rings (SSSR count). The zero-order chi connectivity index (χ0) is 13.0. The van der Waals surface area contributed by atoms with Gasteiger partial charge in [0.1, 0.15) is 6.04 Å². The normalized spacial score (nSPS) is 11.0. The van der Waals surface area contributed by atoms with Gasteiger partial charge in [0.15, 0.2) is 0 Å². The fourth-order valence-electron chi connectivity index (χ4n) is 0.966. The number of rotatable bonds is 7. The van der Waals surface area contributed by atoms with Gasteiger partial charge < -0.3 is 16.2 Å². The van der Waals surface area contributed by atoms with Gasteiger partial charge in [-0.2, -0.15) is 0 Å². The monoisotopic (exact) mass is 232 g/mol. The van der Waals surface area contributed by atoms with Gasteiger partial charge in [-0.25, -0.2) is 0 Å². The van der Waals surface area contributed by atoms with E-state index in [0.717, 1.165) is 12.8 Å². The van der Waals surface area contributed by atoms with Crippen LogP contribution in [0.2, 0.25) is 0 Å². The van der Waals surface area contributed by atoms with Gasteiger partial charge in [-0.1, -0.05) is 20.8 Å². The van der Waals surface area contributed by atoms with E-state index in [1.807, 2.05) is 13.8 Å². The van der Waals surface area contributed by atoms with Crippen LogP contribution in [0.15, 0.2) is 0 Å². The van der Waals surface area contributed by atoms with Crippen molar-refractivity contribution in [2.75, 3.05) is 6.54 Å². The van der Waals surface area contributed by atoms with Gasteiger partial charge in [0.25, 0.3) is 0 Å². The van der Waals surface area contributed by atoms with E-state index in [0.29, 0.717) is 19.4 Å². The summed E-state index contributed by atoms with van der Waals surface area (Å²) in [6.07, 6.45) is 2.43. The molecule has 96 valence electrons. The highest BCUT2D eigenvalue weighted by Crippen LogP contribution is 1.98. The van der Waals surface area contributed by atoms with Gasteiger partial charge in [0.2, 0.25) is 5.91 Å². The van der Waals surface area contributed by atoms with Crippen molar-refractivity contribution in [3.05, 3.63) is 0 Å². The van der Waals surface area contributed by atoms with Gasteiger partial charge in [-0.05, 0) is 19.3 Å². The SMILES string of the molecule is CC.CCC(=O)NCCCCC(N)C(=O)O. The highest BCUT2D eigenvalue weighted by molar-refractivity contribution is 5.75. The lowest BCUT2D eigenvalue weighted by atomic mass is 10.1. The second-order valence-electron chi connectivity index (χ2n) is 3.14. The summed E-state index contributed by atoms with van der Waals surface area (Å²) in [6, 6.07) is -0.781. The second kappa shape index (κ2) is 12.0. The third-order valence-corrected chi connectivity index (χ3v) is 1.90. The highest BCUT2D eigenvalue weighted by atomic mass is 16.4. The van der Waals surface area contributed by atoms with Crippen LogP contribution < -0.4 is 11.1 Å². The Balaban J connectivity index is 0. The molecule has 0 fully saturated rings. The van der Waals surface area contributed by atoms with Crippen molar-refractivity contribution in [2.24, 2.45) is 5.73 Å². The van der Waals surface area contributed by atoms with E-state index < -0.39 is 12.0 Å². The number of hydrogen-bond acceptors (Lipinski definition) is 3. The second-order valence-corrected chi connectivity index (χ2v) is 3.14. The third kappa shape index (κ3) is 11.0. The summed E-state index contributed by atoms with van der Waals surface area (Å²) in [5, 5.41) is 11.2.